The Morgan fingerprint density at radius 1 is 1.05 bits per heavy atom. The lowest BCUT2D eigenvalue weighted by atomic mass is 10.0. The van der Waals surface area contributed by atoms with Crippen LogP contribution in [-0.2, 0) is 4.79 Å². The predicted octanol–water partition coefficient (Wildman–Crippen LogP) is 3.60. The lowest BCUT2D eigenvalue weighted by Gasteiger charge is -2.32. The molecule has 1 aromatic heterocycles. The minimum Gasteiger partial charge on any atom is -0.493 e. The van der Waals surface area contributed by atoms with Gasteiger partial charge in [-0.05, 0) is 61.1 Å². The van der Waals surface area contributed by atoms with E-state index >= 15 is 0 Å². The molecule has 200 valence electrons. The summed E-state index contributed by atoms with van der Waals surface area (Å²) < 4.78 is 14.9. The molecule has 0 aliphatic heterocycles. The number of hydrogen-bond acceptors (Lipinski definition) is 8. The molecule has 38 heavy (non-hydrogen) atoms. The van der Waals surface area contributed by atoms with E-state index in [2.05, 4.69) is 9.69 Å². The van der Waals surface area contributed by atoms with Crippen molar-refractivity contribution in [3.05, 3.63) is 64.2 Å². The second-order valence-electron chi connectivity index (χ2n) is 9.16. The highest BCUT2D eigenvalue weighted by Crippen LogP contribution is 2.37. The van der Waals surface area contributed by atoms with Gasteiger partial charge in [0.15, 0.2) is 17.2 Å². The van der Waals surface area contributed by atoms with Crippen LogP contribution in [0.3, 0.4) is 0 Å². The quantitative estimate of drug-likeness (QED) is 0.377. The number of aryl methyl sites for hydroxylation is 1. The van der Waals surface area contributed by atoms with E-state index in [4.69, 9.17) is 20.9 Å². The van der Waals surface area contributed by atoms with Crippen molar-refractivity contribution in [3.63, 3.8) is 0 Å². The number of benzene rings is 2. The van der Waals surface area contributed by atoms with E-state index in [0.29, 0.717) is 22.7 Å². The van der Waals surface area contributed by atoms with Gasteiger partial charge in [-0.25, -0.2) is 0 Å². The molecule has 0 saturated heterocycles. The molecule has 1 atom stereocenters. The summed E-state index contributed by atoms with van der Waals surface area (Å²) in [7, 11) is 3.02. The Morgan fingerprint density at radius 2 is 1.71 bits per heavy atom. The van der Waals surface area contributed by atoms with Crippen molar-refractivity contribution in [1.29, 1.82) is 0 Å². The highest BCUT2D eigenvalue weighted by atomic mass is 32.1. The molecule has 0 bridgehead atoms. The lowest BCUT2D eigenvalue weighted by Crippen LogP contribution is -2.46. The van der Waals surface area contributed by atoms with E-state index in [-0.39, 0.29) is 28.2 Å². The van der Waals surface area contributed by atoms with Gasteiger partial charge in [-0.3, -0.25) is 19.3 Å². The first kappa shape index (κ1) is 26.9. The Hall–Kier alpha value is -4.12. The van der Waals surface area contributed by atoms with Gasteiger partial charge in [-0.1, -0.05) is 36.6 Å². The van der Waals surface area contributed by atoms with Gasteiger partial charge < -0.3 is 26.3 Å². The van der Waals surface area contributed by atoms with Gasteiger partial charge in [0.05, 0.1) is 19.9 Å². The standard InChI is InChI=1S/C27H31N5O5S/c1-15-8-11-18(12-9-15)32(27(35)24-21(28)22(25(29)33)31-38-24)23(26(34)30-17-6-4-5-7-17)16-10-13-19(36-2)20(14-16)37-3/h8-14,17,23H,4-7,28H2,1-3H3,(H2,29,33)(H,30,34). The smallest absolute Gasteiger partial charge is 0.273 e. The average molecular weight is 538 g/mol. The third-order valence-corrected chi connectivity index (χ3v) is 7.47. The fraction of sp³-hybridized carbons (Fsp3) is 0.333. The van der Waals surface area contributed by atoms with Gasteiger partial charge in [0, 0.05) is 11.7 Å². The molecule has 1 fully saturated rings. The minimum atomic E-state index is -1.09. The summed E-state index contributed by atoms with van der Waals surface area (Å²) in [5.41, 5.74) is 13.2. The number of nitrogens with two attached hydrogens (primary N) is 2. The van der Waals surface area contributed by atoms with Gasteiger partial charge in [0.25, 0.3) is 11.8 Å². The largest absolute Gasteiger partial charge is 0.493 e. The van der Waals surface area contributed by atoms with Gasteiger partial charge >= 0.3 is 0 Å². The normalized spacial score (nSPS) is 14.1. The summed E-state index contributed by atoms with van der Waals surface area (Å²) in [5.74, 6) is -0.880. The zero-order valence-corrected chi connectivity index (χ0v) is 22.3. The molecule has 10 nitrogen and oxygen atoms in total. The Balaban J connectivity index is 1.89. The van der Waals surface area contributed by atoms with Crippen LogP contribution in [0.2, 0.25) is 0 Å². The molecule has 11 heteroatoms. The van der Waals surface area contributed by atoms with E-state index < -0.39 is 17.9 Å². The maximum Gasteiger partial charge on any atom is 0.273 e. The summed E-state index contributed by atoms with van der Waals surface area (Å²) in [6.45, 7) is 1.93. The van der Waals surface area contributed by atoms with E-state index in [1.165, 1.54) is 19.1 Å². The number of nitrogen functional groups attached to an aromatic ring is 1. The van der Waals surface area contributed by atoms with Crippen molar-refractivity contribution in [2.75, 3.05) is 24.9 Å². The summed E-state index contributed by atoms with van der Waals surface area (Å²) in [5, 5.41) is 3.13. The van der Waals surface area contributed by atoms with E-state index in [1.54, 1.807) is 30.3 Å². The van der Waals surface area contributed by atoms with E-state index in [0.717, 1.165) is 42.8 Å². The molecule has 1 heterocycles. The summed E-state index contributed by atoms with van der Waals surface area (Å²) in [4.78, 5) is 41.3. The molecule has 0 radical (unpaired) electrons. The maximum atomic E-state index is 14.1. The second kappa shape index (κ2) is 11.5. The molecule has 1 saturated carbocycles. The SMILES string of the molecule is COc1ccc(C(C(=O)NC2CCCC2)N(C(=O)c2snc(C(N)=O)c2N)c2ccc(C)cc2)cc1OC. The monoisotopic (exact) mass is 537 g/mol. The number of aromatic nitrogens is 1. The second-order valence-corrected chi connectivity index (χ2v) is 9.93. The minimum absolute atomic E-state index is 0.00931. The van der Waals surface area contributed by atoms with Crippen LogP contribution in [0.1, 0.15) is 63.0 Å². The number of anilines is 2. The molecule has 3 amide bonds. The summed E-state index contributed by atoms with van der Waals surface area (Å²) >= 11 is 0.766. The molecule has 1 aliphatic rings. The fourth-order valence-corrected chi connectivity index (χ4v) is 5.36. The Morgan fingerprint density at radius 3 is 2.29 bits per heavy atom. The van der Waals surface area contributed by atoms with Crippen molar-refractivity contribution in [1.82, 2.24) is 9.69 Å². The van der Waals surface area contributed by atoms with Gasteiger partial charge in [0.1, 0.15) is 10.9 Å². The van der Waals surface area contributed by atoms with Crippen molar-refractivity contribution >= 4 is 40.6 Å². The molecule has 2 aromatic carbocycles. The third kappa shape index (κ3) is 5.42. The number of rotatable bonds is 9. The molecule has 0 spiro atoms. The maximum absolute atomic E-state index is 14.1. The van der Waals surface area contributed by atoms with Crippen LogP contribution in [-0.4, -0.2) is 42.4 Å². The first-order valence-corrected chi connectivity index (χ1v) is 13.0. The van der Waals surface area contributed by atoms with Crippen LogP contribution in [0.15, 0.2) is 42.5 Å². The first-order chi connectivity index (χ1) is 18.2. The number of hydrogen-bond donors (Lipinski definition) is 3. The van der Waals surface area contributed by atoms with Crippen LogP contribution in [0.4, 0.5) is 11.4 Å². The summed E-state index contributed by atoms with van der Waals surface area (Å²) in [6, 6.07) is 11.2. The van der Waals surface area contributed by atoms with Crippen molar-refractivity contribution in [2.24, 2.45) is 5.73 Å². The van der Waals surface area contributed by atoms with Crippen LogP contribution < -0.4 is 31.2 Å². The zero-order chi connectivity index (χ0) is 27.4. The van der Waals surface area contributed by atoms with Crippen molar-refractivity contribution in [3.8, 4) is 11.5 Å². The van der Waals surface area contributed by atoms with Crippen LogP contribution in [0.5, 0.6) is 11.5 Å². The number of primary amides is 1. The van der Waals surface area contributed by atoms with E-state index in [1.807, 2.05) is 19.1 Å². The molecule has 4 rings (SSSR count). The first-order valence-electron chi connectivity index (χ1n) is 12.2. The zero-order valence-electron chi connectivity index (χ0n) is 21.5. The lowest BCUT2D eigenvalue weighted by molar-refractivity contribution is -0.123. The van der Waals surface area contributed by atoms with Crippen molar-refractivity contribution < 1.29 is 23.9 Å². The number of methoxy groups -OCH3 is 2. The Bertz CT molecular complexity index is 1330. The number of nitrogens with zero attached hydrogens (tertiary/aromatic N) is 2. The van der Waals surface area contributed by atoms with Gasteiger partial charge in [-0.2, -0.15) is 4.37 Å². The van der Waals surface area contributed by atoms with Crippen LogP contribution in [0, 0.1) is 6.92 Å². The third-order valence-electron chi connectivity index (χ3n) is 6.62. The molecule has 1 unspecified atom stereocenters. The topological polar surface area (TPSA) is 150 Å². The number of ether oxygens (including phenoxy) is 2. The highest BCUT2D eigenvalue weighted by molar-refractivity contribution is 7.09. The van der Waals surface area contributed by atoms with Crippen LogP contribution in [0.25, 0.3) is 0 Å². The molecular weight excluding hydrogens is 506 g/mol. The summed E-state index contributed by atoms with van der Waals surface area (Å²) in [6.07, 6.45) is 3.79. The number of carbonyl (C=O) groups excluding carboxylic acids is 3. The number of carbonyl (C=O) groups is 3. The average Bonchev–Trinajstić information content (AvgIpc) is 3.56. The highest BCUT2D eigenvalue weighted by Gasteiger charge is 2.37. The molecule has 5 N–H and O–H groups in total. The van der Waals surface area contributed by atoms with E-state index in [9.17, 15) is 14.4 Å². The van der Waals surface area contributed by atoms with Crippen LogP contribution >= 0.6 is 11.5 Å². The molecule has 1 aliphatic carbocycles. The van der Waals surface area contributed by atoms with Gasteiger partial charge in [0.2, 0.25) is 5.91 Å². The Labute approximate surface area is 225 Å². The molecule has 3 aromatic rings. The molecular formula is C27H31N5O5S. The van der Waals surface area contributed by atoms with Crippen molar-refractivity contribution in [2.45, 2.75) is 44.7 Å². The number of amides is 3. The Kier molecular flexibility index (Phi) is 8.16. The fourth-order valence-electron chi connectivity index (χ4n) is 4.62. The van der Waals surface area contributed by atoms with Gasteiger partial charge in [-0.15, -0.1) is 0 Å². The predicted molar refractivity (Wildman–Crippen MR) is 146 cm³/mol. The number of nitrogens with one attached hydrogen (secondary N) is 1.